The van der Waals surface area contributed by atoms with Crippen molar-refractivity contribution in [3.63, 3.8) is 0 Å². The smallest absolute Gasteiger partial charge is 0.423 e. The normalized spacial score (nSPS) is 16.8. The van der Waals surface area contributed by atoms with E-state index in [1.807, 2.05) is 26.0 Å². The van der Waals surface area contributed by atoms with E-state index in [-0.39, 0.29) is 15.5 Å². The number of hydrogen-bond acceptors (Lipinski definition) is 13. The molecular weight excluding hydrogens is 757 g/mol. The number of amides is 3. The number of aromatic nitrogens is 1. The zero-order valence-electron chi connectivity index (χ0n) is 28.3. The number of hydrogen-bond donors (Lipinski definition) is 3. The lowest BCUT2D eigenvalue weighted by atomic mass is 10.0. The number of thioether (sulfide) groups is 1. The molecule has 2 aromatic carbocycles. The monoisotopic (exact) mass is 786 g/mol. The van der Waals surface area contributed by atoms with Crippen LogP contribution in [0.15, 0.2) is 65.3 Å². The summed E-state index contributed by atoms with van der Waals surface area (Å²) in [6.45, 7) is 1.70. The Morgan fingerprint density at radius 1 is 0.981 bits per heavy atom. The summed E-state index contributed by atoms with van der Waals surface area (Å²) in [5.74, 6) is -6.80. The Balaban J connectivity index is 1.72. The Kier molecular flexibility index (Phi) is 11.0. The first-order valence-corrected chi connectivity index (χ1v) is 18.8. The van der Waals surface area contributed by atoms with Crippen LogP contribution in [0.25, 0.3) is 16.4 Å². The quantitative estimate of drug-likeness (QED) is 0.184. The van der Waals surface area contributed by atoms with E-state index in [9.17, 15) is 46.8 Å². The molecule has 20 heteroatoms. The van der Waals surface area contributed by atoms with Crippen molar-refractivity contribution in [3.05, 3.63) is 96.7 Å². The average Bonchev–Trinajstić information content (AvgIpc) is 3.65. The van der Waals surface area contributed by atoms with Gasteiger partial charge in [-0.1, -0.05) is 30.3 Å². The van der Waals surface area contributed by atoms with Crippen LogP contribution >= 0.6 is 23.1 Å². The molecule has 0 aliphatic carbocycles. The van der Waals surface area contributed by atoms with Crippen molar-refractivity contribution in [1.29, 1.82) is 0 Å². The number of fused-ring (bicyclic) bond motifs is 1. The largest absolute Gasteiger partial charge is 0.480 e. The number of carbonyl (C=O) groups excluding carboxylic acids is 3. The molecule has 2 aliphatic rings. The number of carbonyl (C=O) groups is 5. The van der Waals surface area contributed by atoms with Gasteiger partial charge in [-0.2, -0.15) is 8.42 Å². The zero-order valence-corrected chi connectivity index (χ0v) is 30.7. The molecule has 2 aliphatic heterocycles. The zero-order chi connectivity index (χ0) is 38.9. The van der Waals surface area contributed by atoms with Crippen LogP contribution in [0.1, 0.15) is 16.7 Å². The van der Waals surface area contributed by atoms with E-state index in [1.165, 1.54) is 6.26 Å². The van der Waals surface area contributed by atoms with E-state index in [1.54, 1.807) is 48.4 Å². The number of ether oxygens (including phenoxy) is 2. The Morgan fingerprint density at radius 2 is 1.62 bits per heavy atom. The third-order valence-corrected chi connectivity index (χ3v) is 10.5. The van der Waals surface area contributed by atoms with Crippen LogP contribution in [0.3, 0.4) is 0 Å². The molecule has 0 unspecified atom stereocenters. The highest BCUT2D eigenvalue weighted by Crippen LogP contribution is 2.40. The number of nitrogens with zero attached hydrogens (tertiary/aromatic N) is 4. The summed E-state index contributed by atoms with van der Waals surface area (Å²) >= 11 is 1.07. The molecule has 5 rings (SSSR count). The molecule has 17 nitrogen and oxygen atoms in total. The standard InChI is InChI=1S/C33H30N4O13S3/c1-17-10-21-22(11-18(17)2)49-24(34(21)3)13-20(19-8-6-5-7-9-19)12-23(38)37(16-53(46,47)48)32(51-4)28-30(44)35(14-25(39)40)31(52-28)27-29(43)36(15-26(41)42)33(45)50-27/h5-13H,14-16H2,1-4H3,(H,39,40)(H,41,42)(H,46,47,48)/b20-12+,24-13?,31-27+,32-28+. The van der Waals surface area contributed by atoms with Gasteiger partial charge in [0.15, 0.2) is 11.6 Å². The molecule has 3 aromatic rings. The highest BCUT2D eigenvalue weighted by molar-refractivity contribution is 8.07. The minimum Gasteiger partial charge on any atom is -0.480 e. The number of imide groups is 1. The van der Waals surface area contributed by atoms with Gasteiger partial charge in [-0.25, -0.2) is 9.69 Å². The molecule has 1 fully saturated rings. The van der Waals surface area contributed by atoms with Gasteiger partial charge in [-0.15, -0.1) is 23.1 Å². The van der Waals surface area contributed by atoms with E-state index in [0.29, 0.717) is 49.8 Å². The van der Waals surface area contributed by atoms with Crippen molar-refractivity contribution in [2.24, 2.45) is 0 Å². The SMILES string of the molecule is CS/C(=c1/s/c(=C2/OC(=O)N(CC(=O)O)C2=O)n(CC(=O)O)c1=O)N(CS(=O)(=O)O)C(=O)/C=C(\C=C1Oc2cc(C)c(C)cc2N1C)c1ccccc1. The minimum atomic E-state index is -4.99. The molecule has 0 saturated carbocycles. The fraction of sp³-hybridized carbons (Fsp3) is 0.212. The van der Waals surface area contributed by atoms with E-state index >= 15 is 0 Å². The van der Waals surface area contributed by atoms with Gasteiger partial charge in [0.25, 0.3) is 21.6 Å². The third-order valence-electron chi connectivity index (χ3n) is 7.85. The van der Waals surface area contributed by atoms with E-state index in [2.05, 4.69) is 0 Å². The fourth-order valence-corrected chi connectivity index (χ4v) is 7.98. The molecule has 3 N–H and O–H groups in total. The third kappa shape index (κ3) is 8.19. The maximum absolute atomic E-state index is 14.2. The van der Waals surface area contributed by atoms with Crippen LogP contribution in [0.2, 0.25) is 0 Å². The van der Waals surface area contributed by atoms with Crippen molar-refractivity contribution >= 4 is 85.1 Å². The van der Waals surface area contributed by atoms with Crippen LogP contribution in [0.5, 0.6) is 5.75 Å². The van der Waals surface area contributed by atoms with Crippen molar-refractivity contribution < 1.29 is 56.6 Å². The number of carboxylic acids is 2. The lowest BCUT2D eigenvalue weighted by Gasteiger charge is -2.21. The molecule has 0 atom stereocenters. The number of anilines is 1. The van der Waals surface area contributed by atoms with Crippen LogP contribution < -0.4 is 24.4 Å². The highest BCUT2D eigenvalue weighted by atomic mass is 32.2. The molecule has 0 bridgehead atoms. The van der Waals surface area contributed by atoms with Gasteiger partial charge in [-0.05, 0) is 54.5 Å². The summed E-state index contributed by atoms with van der Waals surface area (Å²) in [5, 5.41) is 18.3. The number of carboxylic acid groups (broad SMARTS) is 2. The molecule has 0 spiro atoms. The molecule has 53 heavy (non-hydrogen) atoms. The first kappa shape index (κ1) is 38.5. The van der Waals surface area contributed by atoms with Crippen molar-refractivity contribution in [2.45, 2.75) is 20.4 Å². The molecule has 3 heterocycles. The number of rotatable bonds is 11. The average molecular weight is 787 g/mol. The second-order valence-electron chi connectivity index (χ2n) is 11.5. The maximum Gasteiger partial charge on any atom is 0.423 e. The predicted molar refractivity (Wildman–Crippen MR) is 192 cm³/mol. The number of cyclic esters (lactones) is 1. The summed E-state index contributed by atoms with van der Waals surface area (Å²) in [6.07, 6.45) is 2.58. The first-order valence-electron chi connectivity index (χ1n) is 15.2. The maximum atomic E-state index is 14.2. The summed E-state index contributed by atoms with van der Waals surface area (Å²) in [6, 6.07) is 12.3. The number of aliphatic carboxylic acids is 2. The predicted octanol–water partition coefficient (Wildman–Crippen LogP) is 1.34. The van der Waals surface area contributed by atoms with Gasteiger partial charge in [-0.3, -0.25) is 38.0 Å². The van der Waals surface area contributed by atoms with Crippen LogP contribution in [-0.2, 0) is 40.6 Å². The van der Waals surface area contributed by atoms with Crippen LogP contribution in [0, 0.1) is 13.8 Å². The Bertz CT molecular complexity index is 2430. The van der Waals surface area contributed by atoms with Crippen LogP contribution in [-0.4, -0.2) is 93.1 Å². The van der Waals surface area contributed by atoms with Gasteiger partial charge >= 0.3 is 23.9 Å². The summed E-state index contributed by atoms with van der Waals surface area (Å²) in [4.78, 5) is 78.9. The van der Waals surface area contributed by atoms with Crippen molar-refractivity contribution in [1.82, 2.24) is 14.4 Å². The Morgan fingerprint density at radius 3 is 2.23 bits per heavy atom. The molecule has 1 aromatic heterocycles. The number of allylic oxidation sites excluding steroid dienone is 2. The Hall–Kier alpha value is -5.70. The van der Waals surface area contributed by atoms with Gasteiger partial charge in [0.05, 0.1) is 5.69 Å². The van der Waals surface area contributed by atoms with Crippen molar-refractivity contribution in [2.75, 3.05) is 30.6 Å². The lowest BCUT2D eigenvalue weighted by Crippen LogP contribution is -2.40. The first-order chi connectivity index (χ1) is 24.9. The van der Waals surface area contributed by atoms with Crippen LogP contribution in [0.4, 0.5) is 10.5 Å². The highest BCUT2D eigenvalue weighted by Gasteiger charge is 2.40. The number of benzene rings is 2. The van der Waals surface area contributed by atoms with E-state index in [0.717, 1.165) is 22.9 Å². The molecule has 0 radical (unpaired) electrons. The van der Waals surface area contributed by atoms with Gasteiger partial charge in [0, 0.05) is 19.2 Å². The molecule has 3 amide bonds. The van der Waals surface area contributed by atoms with E-state index in [4.69, 9.17) is 14.6 Å². The van der Waals surface area contributed by atoms with Gasteiger partial charge in [0.1, 0.15) is 27.3 Å². The minimum absolute atomic E-state index is 0.219. The lowest BCUT2D eigenvalue weighted by molar-refractivity contribution is -0.140. The topological polar surface area (TPSA) is 230 Å². The molecule has 1 saturated heterocycles. The summed E-state index contributed by atoms with van der Waals surface area (Å²) < 4.78 is 45.2. The molecule has 278 valence electrons. The number of aryl methyl sites for hydroxylation is 2. The van der Waals surface area contributed by atoms with Gasteiger partial charge in [0.2, 0.25) is 11.6 Å². The summed E-state index contributed by atoms with van der Waals surface area (Å²) in [5.41, 5.74) is 2.35. The fourth-order valence-electron chi connectivity index (χ4n) is 5.23. The molecular formula is C33H30N4O13S3. The summed E-state index contributed by atoms with van der Waals surface area (Å²) in [7, 11) is -3.24. The van der Waals surface area contributed by atoms with Gasteiger partial charge < -0.3 is 24.6 Å². The Labute approximate surface area is 308 Å². The second kappa shape index (κ2) is 15.1. The number of thiazole rings is 1. The second-order valence-corrected chi connectivity index (χ2v) is 14.7. The van der Waals surface area contributed by atoms with E-state index < -0.39 is 79.4 Å². The van der Waals surface area contributed by atoms with Crippen molar-refractivity contribution in [3.8, 4) is 5.75 Å².